The molecule has 0 aliphatic carbocycles. The van der Waals surface area contributed by atoms with E-state index < -0.39 is 4.92 Å². The van der Waals surface area contributed by atoms with Crippen LogP contribution in [0, 0.1) is 22.5 Å². The number of hydrogen-bond acceptors (Lipinski definition) is 3. The van der Waals surface area contributed by atoms with Crippen molar-refractivity contribution < 1.29 is 9.72 Å². The van der Waals surface area contributed by atoms with Gasteiger partial charge in [-0.15, -0.1) is 6.42 Å². The van der Waals surface area contributed by atoms with Crippen molar-refractivity contribution in [3.8, 4) is 12.3 Å². The summed E-state index contributed by atoms with van der Waals surface area (Å²) >= 11 is 0. The average Bonchev–Trinajstić information content (AvgIpc) is 2.36. The van der Waals surface area contributed by atoms with Crippen molar-refractivity contribution in [2.24, 2.45) is 0 Å². The molecule has 0 aliphatic heterocycles. The summed E-state index contributed by atoms with van der Waals surface area (Å²) in [6, 6.07) is 5.83. The third-order valence-electron chi connectivity index (χ3n) is 2.48. The number of terminal acetylenes is 1. The minimum Gasteiger partial charge on any atom is -0.342 e. The number of para-hydroxylation sites is 1. The van der Waals surface area contributed by atoms with Gasteiger partial charge in [-0.25, -0.2) is 0 Å². The summed E-state index contributed by atoms with van der Waals surface area (Å²) in [6.07, 6.45) is 5.81. The van der Waals surface area contributed by atoms with Gasteiger partial charge in [-0.3, -0.25) is 14.9 Å². The first kappa shape index (κ1) is 13.7. The second-order valence-corrected chi connectivity index (χ2v) is 3.76. The molecule has 1 N–H and O–H groups in total. The van der Waals surface area contributed by atoms with Crippen LogP contribution < -0.4 is 5.32 Å². The predicted molar refractivity (Wildman–Crippen MR) is 67.9 cm³/mol. The van der Waals surface area contributed by atoms with Crippen molar-refractivity contribution in [1.82, 2.24) is 5.32 Å². The molecule has 5 nitrogen and oxygen atoms in total. The minimum absolute atomic E-state index is 0.0463. The molecule has 0 radical (unpaired) electrons. The zero-order valence-corrected chi connectivity index (χ0v) is 10.1. The SMILES string of the molecule is C#CC(CC)NC(=O)Cc1ccccc1[N+](=O)[O-]. The van der Waals surface area contributed by atoms with Gasteiger partial charge in [0.2, 0.25) is 5.91 Å². The number of nitrogens with one attached hydrogen (secondary N) is 1. The lowest BCUT2D eigenvalue weighted by molar-refractivity contribution is -0.385. The maximum Gasteiger partial charge on any atom is 0.273 e. The Labute approximate surface area is 105 Å². The summed E-state index contributed by atoms with van der Waals surface area (Å²) in [6.45, 7) is 1.86. The van der Waals surface area contributed by atoms with Crippen molar-refractivity contribution in [3.63, 3.8) is 0 Å². The Bertz CT molecular complexity index is 491. The van der Waals surface area contributed by atoms with Gasteiger partial charge in [-0.2, -0.15) is 0 Å². The van der Waals surface area contributed by atoms with Crippen LogP contribution in [0.4, 0.5) is 5.69 Å². The molecule has 0 spiro atoms. The Morgan fingerprint density at radius 1 is 1.56 bits per heavy atom. The van der Waals surface area contributed by atoms with Crippen molar-refractivity contribution in [2.75, 3.05) is 0 Å². The molecule has 1 unspecified atom stereocenters. The number of nitro groups is 1. The zero-order valence-electron chi connectivity index (χ0n) is 10.1. The Balaban J connectivity index is 2.77. The molecular formula is C13H14N2O3. The highest BCUT2D eigenvalue weighted by molar-refractivity contribution is 5.80. The van der Waals surface area contributed by atoms with E-state index in [4.69, 9.17) is 6.42 Å². The van der Waals surface area contributed by atoms with E-state index in [9.17, 15) is 14.9 Å². The van der Waals surface area contributed by atoms with Gasteiger partial charge in [0, 0.05) is 11.6 Å². The summed E-state index contributed by atoms with van der Waals surface area (Å²) in [5.74, 6) is 2.13. The highest BCUT2D eigenvalue weighted by atomic mass is 16.6. The number of carbonyl (C=O) groups is 1. The summed E-state index contributed by atoms with van der Waals surface area (Å²) in [5, 5.41) is 13.4. The maximum absolute atomic E-state index is 11.7. The fourth-order valence-corrected chi connectivity index (χ4v) is 1.52. The quantitative estimate of drug-likeness (QED) is 0.488. The van der Waals surface area contributed by atoms with Crippen LogP contribution in [0.15, 0.2) is 24.3 Å². The van der Waals surface area contributed by atoms with Gasteiger partial charge in [0.1, 0.15) is 0 Å². The number of amides is 1. The smallest absolute Gasteiger partial charge is 0.273 e. The van der Waals surface area contributed by atoms with E-state index in [1.54, 1.807) is 18.2 Å². The molecule has 0 saturated carbocycles. The highest BCUT2D eigenvalue weighted by Crippen LogP contribution is 2.17. The maximum atomic E-state index is 11.7. The molecule has 18 heavy (non-hydrogen) atoms. The first-order chi connectivity index (χ1) is 8.58. The second kappa shape index (κ2) is 6.40. The molecular weight excluding hydrogens is 232 g/mol. The summed E-state index contributed by atoms with van der Waals surface area (Å²) in [7, 11) is 0. The molecule has 1 amide bonds. The lowest BCUT2D eigenvalue weighted by atomic mass is 10.1. The van der Waals surface area contributed by atoms with E-state index in [2.05, 4.69) is 11.2 Å². The highest BCUT2D eigenvalue weighted by Gasteiger charge is 2.16. The average molecular weight is 246 g/mol. The molecule has 0 saturated heterocycles. The van der Waals surface area contributed by atoms with E-state index in [0.717, 1.165) is 0 Å². The van der Waals surface area contributed by atoms with E-state index in [0.29, 0.717) is 12.0 Å². The molecule has 94 valence electrons. The fourth-order valence-electron chi connectivity index (χ4n) is 1.52. The van der Waals surface area contributed by atoms with Gasteiger partial charge in [0.25, 0.3) is 5.69 Å². The van der Waals surface area contributed by atoms with Crippen LogP contribution in [0.2, 0.25) is 0 Å². The first-order valence-corrected chi connectivity index (χ1v) is 5.56. The number of rotatable bonds is 5. The van der Waals surface area contributed by atoms with Crippen LogP contribution in [0.3, 0.4) is 0 Å². The van der Waals surface area contributed by atoms with Gasteiger partial charge in [0.15, 0.2) is 0 Å². The molecule has 1 aromatic carbocycles. The van der Waals surface area contributed by atoms with E-state index in [-0.39, 0.29) is 24.1 Å². The second-order valence-electron chi connectivity index (χ2n) is 3.76. The zero-order chi connectivity index (χ0) is 13.5. The number of benzene rings is 1. The third-order valence-corrected chi connectivity index (χ3v) is 2.48. The summed E-state index contributed by atoms with van der Waals surface area (Å²) in [5.41, 5.74) is 0.327. The molecule has 5 heteroatoms. The van der Waals surface area contributed by atoms with E-state index >= 15 is 0 Å². The molecule has 0 bridgehead atoms. The van der Waals surface area contributed by atoms with Crippen molar-refractivity contribution in [1.29, 1.82) is 0 Å². The fraction of sp³-hybridized carbons (Fsp3) is 0.308. The van der Waals surface area contributed by atoms with Crippen LogP contribution in [-0.2, 0) is 11.2 Å². The van der Waals surface area contributed by atoms with Gasteiger partial charge in [-0.1, -0.05) is 31.0 Å². The van der Waals surface area contributed by atoms with Crippen LogP contribution in [0.5, 0.6) is 0 Å². The molecule has 0 aromatic heterocycles. The van der Waals surface area contributed by atoms with Gasteiger partial charge < -0.3 is 5.32 Å². The third kappa shape index (κ3) is 3.59. The van der Waals surface area contributed by atoms with Crippen LogP contribution >= 0.6 is 0 Å². The van der Waals surface area contributed by atoms with Crippen molar-refractivity contribution >= 4 is 11.6 Å². The lowest BCUT2D eigenvalue weighted by Crippen LogP contribution is -2.34. The summed E-state index contributed by atoms with van der Waals surface area (Å²) < 4.78 is 0. The first-order valence-electron chi connectivity index (χ1n) is 5.56. The Morgan fingerprint density at radius 3 is 2.78 bits per heavy atom. The number of carbonyl (C=O) groups excluding carboxylic acids is 1. The Hall–Kier alpha value is -2.35. The van der Waals surface area contributed by atoms with Crippen LogP contribution in [0.25, 0.3) is 0 Å². The summed E-state index contributed by atoms with van der Waals surface area (Å²) in [4.78, 5) is 22.0. The molecule has 0 fully saturated rings. The number of nitro benzene ring substituents is 1. The van der Waals surface area contributed by atoms with Crippen LogP contribution in [-0.4, -0.2) is 16.9 Å². The van der Waals surface area contributed by atoms with Gasteiger partial charge >= 0.3 is 0 Å². The molecule has 1 rings (SSSR count). The van der Waals surface area contributed by atoms with E-state index in [1.165, 1.54) is 6.07 Å². The normalized spacial score (nSPS) is 11.3. The van der Waals surface area contributed by atoms with Crippen LogP contribution in [0.1, 0.15) is 18.9 Å². The minimum atomic E-state index is -0.499. The standard InChI is InChI=1S/C13H14N2O3/c1-3-11(4-2)14-13(16)9-10-7-5-6-8-12(10)15(17)18/h1,5-8,11H,4,9H2,2H3,(H,14,16). The number of hydrogen-bond donors (Lipinski definition) is 1. The molecule has 1 atom stereocenters. The van der Waals surface area contributed by atoms with Gasteiger partial charge in [-0.05, 0) is 6.42 Å². The molecule has 0 aliphatic rings. The monoisotopic (exact) mass is 246 g/mol. The Kier molecular flexibility index (Phi) is 4.88. The largest absolute Gasteiger partial charge is 0.342 e. The van der Waals surface area contributed by atoms with E-state index in [1.807, 2.05) is 6.92 Å². The predicted octanol–water partition coefficient (Wildman–Crippen LogP) is 1.67. The van der Waals surface area contributed by atoms with Crippen molar-refractivity contribution in [2.45, 2.75) is 25.8 Å². The number of nitrogens with zero attached hydrogens (tertiary/aromatic N) is 1. The molecule has 1 aromatic rings. The Morgan fingerprint density at radius 2 is 2.22 bits per heavy atom. The van der Waals surface area contributed by atoms with Gasteiger partial charge in [0.05, 0.1) is 17.4 Å². The lowest BCUT2D eigenvalue weighted by Gasteiger charge is -2.10. The topological polar surface area (TPSA) is 72.2 Å². The molecule has 0 heterocycles. The van der Waals surface area contributed by atoms with Crippen molar-refractivity contribution in [3.05, 3.63) is 39.9 Å².